The summed E-state index contributed by atoms with van der Waals surface area (Å²) in [7, 11) is 1.78. The zero-order valence-corrected chi connectivity index (χ0v) is 11.6. The molecule has 0 aliphatic carbocycles. The lowest BCUT2D eigenvalue weighted by atomic mass is 10.2. The SMILES string of the molecule is Cn1c(N)nnc1SCCOc1ccccc1C(=O)O. The molecule has 2 rings (SSSR count). The van der Waals surface area contributed by atoms with E-state index in [0.29, 0.717) is 29.2 Å². The summed E-state index contributed by atoms with van der Waals surface area (Å²) < 4.78 is 7.15. The van der Waals surface area contributed by atoms with Crippen LogP contribution in [0.3, 0.4) is 0 Å². The van der Waals surface area contributed by atoms with Crippen LogP contribution < -0.4 is 10.5 Å². The fourth-order valence-corrected chi connectivity index (χ4v) is 2.24. The van der Waals surface area contributed by atoms with Crippen molar-refractivity contribution in [3.8, 4) is 5.75 Å². The smallest absolute Gasteiger partial charge is 0.339 e. The Bertz CT molecular complexity index is 614. The Morgan fingerprint density at radius 2 is 2.20 bits per heavy atom. The zero-order chi connectivity index (χ0) is 14.5. The van der Waals surface area contributed by atoms with Crippen LogP contribution in [-0.2, 0) is 7.05 Å². The Morgan fingerprint density at radius 1 is 1.45 bits per heavy atom. The Labute approximate surface area is 119 Å². The van der Waals surface area contributed by atoms with Crippen LogP contribution in [0.4, 0.5) is 5.95 Å². The van der Waals surface area contributed by atoms with Gasteiger partial charge in [0.25, 0.3) is 0 Å². The quantitative estimate of drug-likeness (QED) is 0.610. The van der Waals surface area contributed by atoms with Crippen LogP contribution in [0.25, 0.3) is 0 Å². The third-order valence-electron chi connectivity index (χ3n) is 2.56. The number of thioether (sulfide) groups is 1. The minimum Gasteiger partial charge on any atom is -0.492 e. The predicted octanol–water partition coefficient (Wildman–Crippen LogP) is 1.27. The maximum atomic E-state index is 11.0. The van der Waals surface area contributed by atoms with Gasteiger partial charge in [0.2, 0.25) is 5.95 Å². The number of benzene rings is 1. The normalized spacial score (nSPS) is 10.4. The van der Waals surface area contributed by atoms with Crippen molar-refractivity contribution in [2.45, 2.75) is 5.16 Å². The monoisotopic (exact) mass is 294 g/mol. The minimum absolute atomic E-state index is 0.153. The van der Waals surface area contributed by atoms with E-state index in [2.05, 4.69) is 10.2 Å². The number of hydrogen-bond donors (Lipinski definition) is 2. The van der Waals surface area contributed by atoms with Gasteiger partial charge in [-0.15, -0.1) is 10.2 Å². The van der Waals surface area contributed by atoms with Crippen LogP contribution in [0.5, 0.6) is 5.75 Å². The Kier molecular flexibility index (Phi) is 4.46. The highest BCUT2D eigenvalue weighted by molar-refractivity contribution is 7.99. The van der Waals surface area contributed by atoms with Gasteiger partial charge in [-0.25, -0.2) is 4.79 Å². The second-order valence-electron chi connectivity index (χ2n) is 3.90. The number of rotatable bonds is 6. The third-order valence-corrected chi connectivity index (χ3v) is 3.54. The number of carboxylic acid groups (broad SMARTS) is 1. The van der Waals surface area contributed by atoms with Gasteiger partial charge in [0.1, 0.15) is 11.3 Å². The van der Waals surface area contributed by atoms with Crippen molar-refractivity contribution in [3.05, 3.63) is 29.8 Å². The van der Waals surface area contributed by atoms with E-state index in [-0.39, 0.29) is 5.56 Å². The fourth-order valence-electron chi connectivity index (χ4n) is 1.51. The molecule has 1 aromatic carbocycles. The minimum atomic E-state index is -1.01. The number of hydrogen-bond acceptors (Lipinski definition) is 6. The number of nitrogens with zero attached hydrogens (tertiary/aromatic N) is 3. The lowest BCUT2D eigenvalue weighted by molar-refractivity contribution is 0.0692. The Hall–Kier alpha value is -2.22. The molecule has 106 valence electrons. The second kappa shape index (κ2) is 6.29. The largest absolute Gasteiger partial charge is 0.492 e. The molecular weight excluding hydrogens is 280 g/mol. The first-order valence-electron chi connectivity index (χ1n) is 5.82. The molecule has 0 aliphatic heterocycles. The van der Waals surface area contributed by atoms with Gasteiger partial charge in [-0.05, 0) is 12.1 Å². The van der Waals surface area contributed by atoms with E-state index in [0.717, 1.165) is 0 Å². The van der Waals surface area contributed by atoms with Crippen molar-refractivity contribution < 1.29 is 14.6 Å². The molecule has 0 atom stereocenters. The molecule has 0 amide bonds. The molecule has 0 unspecified atom stereocenters. The highest BCUT2D eigenvalue weighted by Crippen LogP contribution is 2.20. The summed E-state index contributed by atoms with van der Waals surface area (Å²) in [5.41, 5.74) is 5.72. The van der Waals surface area contributed by atoms with E-state index >= 15 is 0 Å². The lowest BCUT2D eigenvalue weighted by Gasteiger charge is -2.08. The number of carboxylic acids is 1. The molecule has 3 N–H and O–H groups in total. The number of ether oxygens (including phenoxy) is 1. The number of anilines is 1. The van der Waals surface area contributed by atoms with Crippen molar-refractivity contribution in [3.63, 3.8) is 0 Å². The van der Waals surface area contributed by atoms with Crippen molar-refractivity contribution in [1.29, 1.82) is 0 Å². The van der Waals surface area contributed by atoms with E-state index in [4.69, 9.17) is 15.6 Å². The Balaban J connectivity index is 1.88. The highest BCUT2D eigenvalue weighted by Gasteiger charge is 2.10. The van der Waals surface area contributed by atoms with Gasteiger partial charge in [-0.1, -0.05) is 23.9 Å². The van der Waals surface area contributed by atoms with E-state index in [1.165, 1.54) is 17.8 Å². The zero-order valence-electron chi connectivity index (χ0n) is 10.8. The molecule has 2 aromatic rings. The van der Waals surface area contributed by atoms with Gasteiger partial charge < -0.3 is 15.6 Å². The topological polar surface area (TPSA) is 103 Å². The van der Waals surface area contributed by atoms with Gasteiger partial charge in [0.05, 0.1) is 6.61 Å². The summed E-state index contributed by atoms with van der Waals surface area (Å²) in [5, 5.41) is 17.4. The molecule has 0 saturated carbocycles. The van der Waals surface area contributed by atoms with Gasteiger partial charge in [-0.3, -0.25) is 4.57 Å². The van der Waals surface area contributed by atoms with E-state index in [1.54, 1.807) is 29.8 Å². The average Bonchev–Trinajstić information content (AvgIpc) is 2.75. The first-order valence-corrected chi connectivity index (χ1v) is 6.81. The third kappa shape index (κ3) is 3.21. The number of aromatic nitrogens is 3. The first-order chi connectivity index (χ1) is 9.59. The number of nitrogen functional groups attached to an aromatic ring is 1. The van der Waals surface area contributed by atoms with Crippen LogP contribution in [0.2, 0.25) is 0 Å². The summed E-state index contributed by atoms with van der Waals surface area (Å²) in [5.74, 6) is 0.317. The molecule has 0 fully saturated rings. The average molecular weight is 294 g/mol. The summed E-state index contributed by atoms with van der Waals surface area (Å²) in [4.78, 5) is 11.0. The second-order valence-corrected chi connectivity index (χ2v) is 4.96. The molecule has 1 aromatic heterocycles. The molecule has 8 heteroatoms. The molecule has 0 bridgehead atoms. The number of carbonyl (C=O) groups is 1. The van der Waals surface area contributed by atoms with E-state index in [9.17, 15) is 4.79 Å². The number of nitrogens with two attached hydrogens (primary N) is 1. The van der Waals surface area contributed by atoms with Crippen LogP contribution in [-0.4, -0.2) is 38.2 Å². The van der Waals surface area contributed by atoms with Gasteiger partial charge in [0, 0.05) is 12.8 Å². The van der Waals surface area contributed by atoms with Crippen LogP contribution in [0.1, 0.15) is 10.4 Å². The summed E-state index contributed by atoms with van der Waals surface area (Å²) in [6.45, 7) is 0.363. The summed E-state index contributed by atoms with van der Waals surface area (Å²) >= 11 is 1.44. The predicted molar refractivity (Wildman–Crippen MR) is 75.0 cm³/mol. The molecule has 7 nitrogen and oxygen atoms in total. The fraction of sp³-hybridized carbons (Fsp3) is 0.250. The molecule has 1 heterocycles. The highest BCUT2D eigenvalue weighted by atomic mass is 32.2. The standard InChI is InChI=1S/C12H14N4O3S/c1-16-11(13)14-15-12(16)20-7-6-19-9-5-3-2-4-8(9)10(17)18/h2-5H,6-7H2,1H3,(H2,13,14)(H,17,18). The molecule has 0 aliphatic rings. The van der Waals surface area contributed by atoms with Crippen molar-refractivity contribution in [2.75, 3.05) is 18.1 Å². The maximum Gasteiger partial charge on any atom is 0.339 e. The molecule has 0 saturated heterocycles. The van der Waals surface area contributed by atoms with Crippen LogP contribution in [0, 0.1) is 0 Å². The number of aromatic carboxylic acids is 1. The molecular formula is C12H14N4O3S. The van der Waals surface area contributed by atoms with Crippen LogP contribution in [0.15, 0.2) is 29.4 Å². The van der Waals surface area contributed by atoms with Gasteiger partial charge >= 0.3 is 5.97 Å². The molecule has 0 radical (unpaired) electrons. The summed E-state index contributed by atoms with van der Waals surface area (Å²) in [6, 6.07) is 6.54. The molecule has 0 spiro atoms. The maximum absolute atomic E-state index is 11.0. The summed E-state index contributed by atoms with van der Waals surface area (Å²) in [6.07, 6.45) is 0. The molecule has 20 heavy (non-hydrogen) atoms. The Morgan fingerprint density at radius 3 is 2.85 bits per heavy atom. The first kappa shape index (κ1) is 14.2. The van der Waals surface area contributed by atoms with Crippen molar-refractivity contribution in [2.24, 2.45) is 7.05 Å². The van der Waals surface area contributed by atoms with Crippen LogP contribution >= 0.6 is 11.8 Å². The van der Waals surface area contributed by atoms with E-state index < -0.39 is 5.97 Å². The van der Waals surface area contributed by atoms with E-state index in [1.807, 2.05) is 0 Å². The lowest BCUT2D eigenvalue weighted by Crippen LogP contribution is -2.06. The van der Waals surface area contributed by atoms with Crippen molar-refractivity contribution >= 4 is 23.7 Å². The van der Waals surface area contributed by atoms with Gasteiger partial charge in [0.15, 0.2) is 5.16 Å². The number of para-hydroxylation sites is 1. The van der Waals surface area contributed by atoms with Crippen molar-refractivity contribution in [1.82, 2.24) is 14.8 Å². The van der Waals surface area contributed by atoms with Gasteiger partial charge in [-0.2, -0.15) is 0 Å².